The van der Waals surface area contributed by atoms with Gasteiger partial charge in [-0.1, -0.05) is 5.16 Å². The van der Waals surface area contributed by atoms with Crippen molar-refractivity contribution in [3.8, 4) is 0 Å². The van der Waals surface area contributed by atoms with Gasteiger partial charge in [-0.05, 0) is 12.1 Å². The first kappa shape index (κ1) is 12.6. The molecule has 94 valence electrons. The highest BCUT2D eigenvalue weighted by Gasteiger charge is 2.09. The molecular formula is C11H12N4O2S. The van der Waals surface area contributed by atoms with Crippen LogP contribution in [0.3, 0.4) is 0 Å². The molecule has 0 saturated carbocycles. The number of thioether (sulfide) groups is 1. The van der Waals surface area contributed by atoms with Gasteiger partial charge in [0.05, 0.1) is 23.1 Å². The van der Waals surface area contributed by atoms with E-state index >= 15 is 0 Å². The zero-order valence-electron chi connectivity index (χ0n) is 9.50. The summed E-state index contributed by atoms with van der Waals surface area (Å²) in [5.74, 6) is 0.629. The van der Waals surface area contributed by atoms with Crippen molar-refractivity contribution in [1.29, 1.82) is 0 Å². The molecule has 3 N–H and O–H groups in total. The average Bonchev–Trinajstić information content (AvgIpc) is 2.92. The molecule has 2 rings (SSSR count). The van der Waals surface area contributed by atoms with E-state index in [4.69, 9.17) is 10.3 Å². The Hall–Kier alpha value is -1.86. The van der Waals surface area contributed by atoms with E-state index in [0.717, 1.165) is 10.8 Å². The van der Waals surface area contributed by atoms with Gasteiger partial charge >= 0.3 is 0 Å². The molecule has 0 fully saturated rings. The van der Waals surface area contributed by atoms with Crippen LogP contribution in [-0.4, -0.2) is 28.3 Å². The van der Waals surface area contributed by atoms with Gasteiger partial charge in [-0.25, -0.2) is 4.98 Å². The van der Waals surface area contributed by atoms with Crippen molar-refractivity contribution >= 4 is 23.4 Å². The maximum absolute atomic E-state index is 11.6. The highest BCUT2D eigenvalue weighted by molar-refractivity contribution is 7.99. The molecule has 2 aromatic rings. The molecule has 2 heterocycles. The van der Waals surface area contributed by atoms with Crippen molar-refractivity contribution < 1.29 is 9.32 Å². The van der Waals surface area contributed by atoms with E-state index in [1.807, 2.05) is 6.07 Å². The number of hydrogen-bond acceptors (Lipinski definition) is 6. The summed E-state index contributed by atoms with van der Waals surface area (Å²) in [4.78, 5) is 15.8. The second-order valence-corrected chi connectivity index (χ2v) is 4.47. The summed E-state index contributed by atoms with van der Waals surface area (Å²) < 4.78 is 4.74. The van der Waals surface area contributed by atoms with Crippen molar-refractivity contribution in [3.63, 3.8) is 0 Å². The third-order valence-corrected chi connectivity index (χ3v) is 3.00. The van der Waals surface area contributed by atoms with Crippen LogP contribution in [0.5, 0.6) is 0 Å². The summed E-state index contributed by atoms with van der Waals surface area (Å²) in [7, 11) is 0. The molecule has 1 amide bonds. The lowest BCUT2D eigenvalue weighted by atomic mass is 10.4. The first-order valence-electron chi connectivity index (χ1n) is 5.30. The first-order valence-corrected chi connectivity index (χ1v) is 6.29. The summed E-state index contributed by atoms with van der Waals surface area (Å²) in [6, 6.07) is 5.10. The van der Waals surface area contributed by atoms with E-state index in [-0.39, 0.29) is 11.7 Å². The van der Waals surface area contributed by atoms with E-state index in [1.165, 1.54) is 12.3 Å². The van der Waals surface area contributed by atoms with Gasteiger partial charge in [-0.15, -0.1) is 11.8 Å². The molecule has 0 aliphatic rings. The number of carbonyl (C=O) groups is 1. The van der Waals surface area contributed by atoms with E-state index in [0.29, 0.717) is 12.2 Å². The van der Waals surface area contributed by atoms with Crippen LogP contribution < -0.4 is 11.1 Å². The standard InChI is InChI=1S/C11H12N4O2S/c12-4-6-18-10-2-1-8(7-13-10)15-11(16)9-3-5-14-17-9/h1-3,5,7H,4,6,12H2,(H,15,16). The molecule has 0 unspecified atom stereocenters. The number of carbonyl (C=O) groups excluding carboxylic acids is 1. The molecular weight excluding hydrogens is 252 g/mol. The van der Waals surface area contributed by atoms with Crippen molar-refractivity contribution in [3.05, 3.63) is 36.4 Å². The van der Waals surface area contributed by atoms with Crippen molar-refractivity contribution in [2.75, 3.05) is 17.6 Å². The van der Waals surface area contributed by atoms with Crippen LogP contribution in [0.15, 0.2) is 40.1 Å². The maximum atomic E-state index is 11.6. The van der Waals surface area contributed by atoms with Crippen LogP contribution in [0, 0.1) is 0 Å². The zero-order valence-corrected chi connectivity index (χ0v) is 10.3. The fraction of sp³-hybridized carbons (Fsp3) is 0.182. The fourth-order valence-corrected chi connectivity index (χ4v) is 1.85. The molecule has 0 aromatic carbocycles. The Morgan fingerprint density at radius 2 is 2.33 bits per heavy atom. The summed E-state index contributed by atoms with van der Waals surface area (Å²) in [5.41, 5.74) is 6.01. The van der Waals surface area contributed by atoms with E-state index in [1.54, 1.807) is 24.0 Å². The second-order valence-electron chi connectivity index (χ2n) is 3.35. The third kappa shape index (κ3) is 3.31. The molecule has 0 bridgehead atoms. The summed E-state index contributed by atoms with van der Waals surface area (Å²) in [6.45, 7) is 0.607. The zero-order chi connectivity index (χ0) is 12.8. The number of nitrogens with zero attached hydrogens (tertiary/aromatic N) is 2. The smallest absolute Gasteiger partial charge is 0.294 e. The molecule has 0 saturated heterocycles. The summed E-state index contributed by atoms with van der Waals surface area (Å²) in [5, 5.41) is 7.00. The van der Waals surface area contributed by atoms with E-state index in [2.05, 4.69) is 15.5 Å². The lowest BCUT2D eigenvalue weighted by molar-refractivity contribution is 0.0988. The molecule has 0 atom stereocenters. The average molecular weight is 264 g/mol. The molecule has 18 heavy (non-hydrogen) atoms. The molecule has 6 nitrogen and oxygen atoms in total. The third-order valence-electron chi connectivity index (χ3n) is 2.02. The molecule has 0 aliphatic carbocycles. The molecule has 0 spiro atoms. The number of rotatable bonds is 5. The minimum Gasteiger partial charge on any atom is -0.351 e. The molecule has 0 radical (unpaired) electrons. The van der Waals surface area contributed by atoms with Gasteiger partial charge in [-0.2, -0.15) is 0 Å². The topological polar surface area (TPSA) is 94.0 Å². The van der Waals surface area contributed by atoms with Crippen molar-refractivity contribution in [2.24, 2.45) is 5.73 Å². The van der Waals surface area contributed by atoms with Gasteiger partial charge in [0.2, 0.25) is 5.76 Å². The Morgan fingerprint density at radius 3 is 2.94 bits per heavy atom. The largest absolute Gasteiger partial charge is 0.351 e. The maximum Gasteiger partial charge on any atom is 0.294 e. The number of anilines is 1. The highest BCUT2D eigenvalue weighted by Crippen LogP contribution is 2.16. The lowest BCUT2D eigenvalue weighted by Crippen LogP contribution is -2.11. The molecule has 0 aliphatic heterocycles. The Kier molecular flexibility index (Phi) is 4.32. The summed E-state index contributed by atoms with van der Waals surface area (Å²) in [6.07, 6.45) is 3.01. The van der Waals surface area contributed by atoms with Crippen LogP contribution in [-0.2, 0) is 0 Å². The quantitative estimate of drug-likeness (QED) is 0.792. The minimum atomic E-state index is -0.350. The van der Waals surface area contributed by atoms with Crippen LogP contribution >= 0.6 is 11.8 Å². The molecule has 2 aromatic heterocycles. The van der Waals surface area contributed by atoms with E-state index in [9.17, 15) is 4.79 Å². The number of amides is 1. The van der Waals surface area contributed by atoms with Crippen LogP contribution in [0.2, 0.25) is 0 Å². The normalized spacial score (nSPS) is 10.3. The number of pyridine rings is 1. The SMILES string of the molecule is NCCSc1ccc(NC(=O)c2ccno2)cn1. The number of hydrogen-bond donors (Lipinski definition) is 2. The summed E-state index contributed by atoms with van der Waals surface area (Å²) >= 11 is 1.57. The number of nitrogens with two attached hydrogens (primary N) is 1. The second kappa shape index (κ2) is 6.18. The lowest BCUT2D eigenvalue weighted by Gasteiger charge is -2.03. The Labute approximate surface area is 108 Å². The van der Waals surface area contributed by atoms with Gasteiger partial charge in [0.25, 0.3) is 5.91 Å². The van der Waals surface area contributed by atoms with Gasteiger partial charge in [-0.3, -0.25) is 4.79 Å². The Morgan fingerprint density at radius 1 is 1.44 bits per heavy atom. The van der Waals surface area contributed by atoms with Gasteiger partial charge in [0, 0.05) is 18.4 Å². The predicted molar refractivity (Wildman–Crippen MR) is 68.5 cm³/mol. The molecule has 7 heteroatoms. The van der Waals surface area contributed by atoms with Gasteiger partial charge in [0.1, 0.15) is 0 Å². The predicted octanol–water partition coefficient (Wildman–Crippen LogP) is 1.37. The van der Waals surface area contributed by atoms with Crippen LogP contribution in [0.1, 0.15) is 10.6 Å². The Bertz CT molecular complexity index is 498. The first-order chi connectivity index (χ1) is 8.79. The van der Waals surface area contributed by atoms with Gasteiger partial charge < -0.3 is 15.6 Å². The number of nitrogens with one attached hydrogen (secondary N) is 1. The van der Waals surface area contributed by atoms with Crippen LogP contribution in [0.4, 0.5) is 5.69 Å². The monoisotopic (exact) mass is 264 g/mol. The Balaban J connectivity index is 1.96. The van der Waals surface area contributed by atoms with Crippen LogP contribution in [0.25, 0.3) is 0 Å². The van der Waals surface area contributed by atoms with Crippen molar-refractivity contribution in [2.45, 2.75) is 5.03 Å². The number of aromatic nitrogens is 2. The minimum absolute atomic E-state index is 0.164. The van der Waals surface area contributed by atoms with E-state index < -0.39 is 0 Å². The van der Waals surface area contributed by atoms with Gasteiger partial charge in [0.15, 0.2) is 0 Å². The van der Waals surface area contributed by atoms with Crippen molar-refractivity contribution in [1.82, 2.24) is 10.1 Å². The fourth-order valence-electron chi connectivity index (χ4n) is 1.23. The highest BCUT2D eigenvalue weighted by atomic mass is 32.2.